The zero-order chi connectivity index (χ0) is 72.3. The standard InChI is InChI=1S/C19H16F4N6O.C16H13F4IN4O.C16H14F4N4O.C14H13FN4O/c1-11(14-6-13(20)2-3-16(14)30-10-19(21,22)23)27-17-4-5-29-18(28-17)15(9-26-29)12-7-24-25-8-12;1-9(23-14-4-5-25-15(24-14)12(21)7-22-25)11-6-10(17)2-3-13(11)26-8-16(18,19)20;1-10(22-14-5-7-24-15(23-14)4-6-21-24)12-8-11(17)2-3-13(12)25-9-16(18,19)20;1-9(11-8-10(15)2-3-12(11)20)17-13-5-7-19-14(18-13)4-6-16-19/h2-9,11H,10H2,1H3,(H,24,25)(H,27,28);2-7,9H,8H2,1H3,(H,23,24);2-8,10H,9H2,1H3,(H,22,23);2-9,20H,1H3,(H,17,18)/t11-;9-;10-;9-/m1111/s1. The van der Waals surface area contributed by atoms with Crippen LogP contribution in [0, 0.1) is 26.8 Å². The number of H-pyrrole nitrogens is 1. The monoisotopic (exact) mass is 1530 g/mol. The fourth-order valence-electron chi connectivity index (χ4n) is 9.78. The Hall–Kier alpha value is -11.2. The molecule has 0 saturated heterocycles. The molecule has 22 nitrogen and oxygen atoms in total. The number of fused-ring (bicyclic) bond motifs is 4. The van der Waals surface area contributed by atoms with Crippen LogP contribution in [0.1, 0.15) is 74.1 Å². The minimum Gasteiger partial charge on any atom is -0.508 e. The highest BCUT2D eigenvalue weighted by molar-refractivity contribution is 14.1. The Morgan fingerprint density at radius 1 is 0.446 bits per heavy atom. The maximum Gasteiger partial charge on any atom is 0.422 e. The van der Waals surface area contributed by atoms with Crippen LogP contribution in [0.4, 0.5) is 80.3 Å². The van der Waals surface area contributed by atoms with E-state index in [1.807, 2.05) is 6.92 Å². The van der Waals surface area contributed by atoms with Crippen LogP contribution in [0.3, 0.4) is 0 Å². The number of rotatable bonds is 19. The number of anilines is 4. The molecule has 4 aromatic carbocycles. The molecule has 0 unspecified atom stereocenters. The number of benzene rings is 4. The van der Waals surface area contributed by atoms with E-state index in [1.54, 1.807) is 137 Å². The molecule has 9 heterocycles. The van der Waals surface area contributed by atoms with Gasteiger partial charge in [0.15, 0.2) is 42.4 Å². The average molecular weight is 1530 g/mol. The van der Waals surface area contributed by atoms with Gasteiger partial charge in [0.25, 0.3) is 0 Å². The van der Waals surface area contributed by atoms with Gasteiger partial charge in [0, 0.05) is 76.5 Å². The lowest BCUT2D eigenvalue weighted by atomic mass is 10.1. The van der Waals surface area contributed by atoms with E-state index in [0.717, 1.165) is 51.1 Å². The van der Waals surface area contributed by atoms with Crippen molar-refractivity contribution in [3.8, 4) is 34.1 Å². The normalized spacial score (nSPS) is 12.9. The van der Waals surface area contributed by atoms with Crippen molar-refractivity contribution >= 4 is 68.5 Å². The molecule has 0 amide bonds. The molecule has 528 valence electrons. The zero-order valence-corrected chi connectivity index (χ0v) is 55.0. The third-order valence-corrected chi connectivity index (χ3v) is 15.2. The van der Waals surface area contributed by atoms with Crippen LogP contribution in [-0.4, -0.2) is 112 Å². The third-order valence-electron chi connectivity index (χ3n) is 14.4. The lowest BCUT2D eigenvalue weighted by Gasteiger charge is -2.19. The molecule has 4 atom stereocenters. The van der Waals surface area contributed by atoms with E-state index in [9.17, 15) is 62.2 Å². The Bertz CT molecular complexity index is 4930. The summed E-state index contributed by atoms with van der Waals surface area (Å²) in [5, 5.41) is 45.1. The van der Waals surface area contributed by atoms with Crippen molar-refractivity contribution in [3.05, 3.63) is 220 Å². The smallest absolute Gasteiger partial charge is 0.422 e. The van der Waals surface area contributed by atoms with E-state index < -0.39 is 73.9 Å². The second kappa shape index (κ2) is 31.3. The molecule has 0 spiro atoms. The number of hydrogen-bond donors (Lipinski definition) is 6. The van der Waals surface area contributed by atoms with Gasteiger partial charge in [0.2, 0.25) is 0 Å². The predicted octanol–water partition coefficient (Wildman–Crippen LogP) is 15.7. The zero-order valence-electron chi connectivity index (χ0n) is 52.9. The minimum atomic E-state index is -4.50. The molecular weight excluding hydrogens is 1470 g/mol. The van der Waals surface area contributed by atoms with Gasteiger partial charge in [-0.3, -0.25) is 5.10 Å². The molecule has 36 heteroatoms. The van der Waals surface area contributed by atoms with Crippen LogP contribution in [-0.2, 0) is 0 Å². The van der Waals surface area contributed by atoms with Gasteiger partial charge in [-0.05, 0) is 147 Å². The lowest BCUT2D eigenvalue weighted by molar-refractivity contribution is -0.154. The van der Waals surface area contributed by atoms with Crippen molar-refractivity contribution in [2.45, 2.75) is 70.4 Å². The van der Waals surface area contributed by atoms with Crippen LogP contribution >= 0.6 is 22.6 Å². The van der Waals surface area contributed by atoms with Gasteiger partial charge in [-0.25, -0.2) is 55.6 Å². The summed E-state index contributed by atoms with van der Waals surface area (Å²) >= 11 is 2.09. The summed E-state index contributed by atoms with van der Waals surface area (Å²) in [6.45, 7) is 2.51. The quantitative estimate of drug-likeness (QED) is 0.0325. The molecule has 13 rings (SSSR count). The number of phenols is 1. The van der Waals surface area contributed by atoms with Crippen molar-refractivity contribution in [2.75, 3.05) is 41.1 Å². The average Bonchev–Trinajstić information content (AvgIpc) is 1.70. The Morgan fingerprint density at radius 3 is 1.23 bits per heavy atom. The van der Waals surface area contributed by atoms with Crippen molar-refractivity contribution in [3.63, 3.8) is 0 Å². The summed E-state index contributed by atoms with van der Waals surface area (Å²) in [6.07, 6.45) is 3.30. The van der Waals surface area contributed by atoms with Gasteiger partial charge in [-0.2, -0.15) is 65.0 Å². The molecule has 0 aliphatic heterocycles. The van der Waals surface area contributed by atoms with Crippen LogP contribution in [0.5, 0.6) is 23.0 Å². The topological polar surface area (TPSA) is 245 Å². The first-order chi connectivity index (χ1) is 48.0. The molecule has 13 aromatic rings. The predicted molar refractivity (Wildman–Crippen MR) is 352 cm³/mol. The molecule has 9 aromatic heterocycles. The summed E-state index contributed by atoms with van der Waals surface area (Å²) in [7, 11) is 0. The molecule has 0 bridgehead atoms. The minimum absolute atomic E-state index is 0.0378. The van der Waals surface area contributed by atoms with E-state index in [1.165, 1.54) is 36.4 Å². The first-order valence-electron chi connectivity index (χ1n) is 29.9. The first-order valence-corrected chi connectivity index (χ1v) is 31.0. The molecule has 0 fully saturated rings. The molecule has 101 heavy (non-hydrogen) atoms. The number of nitrogens with zero attached hydrogens (tertiary/aromatic N) is 13. The van der Waals surface area contributed by atoms with Crippen molar-refractivity contribution in [1.82, 2.24) is 68.6 Å². The summed E-state index contributed by atoms with van der Waals surface area (Å²) in [6, 6.07) is 22.3. The van der Waals surface area contributed by atoms with Crippen LogP contribution in [0.2, 0.25) is 0 Å². The highest BCUT2D eigenvalue weighted by Gasteiger charge is 2.32. The second-order valence-electron chi connectivity index (χ2n) is 22.0. The SMILES string of the molecule is C[C@@H](Nc1ccn2ncc(-c3cn[nH]c3)c2n1)c1cc(F)ccc1OCC(F)(F)F.C[C@@H](Nc1ccn2ncc(I)c2n1)c1cc(F)ccc1OCC(F)(F)F.C[C@@H](Nc1ccn2nccc2n1)c1cc(F)ccc1O.C[C@@H](Nc1ccn2nccc2n1)c1cc(F)ccc1OCC(F)(F)F. The number of alkyl halides is 9. The number of aromatic hydroxyl groups is 1. The van der Waals surface area contributed by atoms with Gasteiger partial charge >= 0.3 is 18.5 Å². The largest absolute Gasteiger partial charge is 0.508 e. The van der Waals surface area contributed by atoms with E-state index in [0.29, 0.717) is 51.4 Å². The van der Waals surface area contributed by atoms with E-state index >= 15 is 0 Å². The Morgan fingerprint density at radius 2 is 0.812 bits per heavy atom. The summed E-state index contributed by atoms with van der Waals surface area (Å²) in [5.41, 5.74) is 5.31. The number of aromatic amines is 1. The third kappa shape index (κ3) is 19.8. The van der Waals surface area contributed by atoms with Crippen LogP contribution < -0.4 is 35.5 Å². The number of hydrogen-bond acceptors (Lipinski definition) is 17. The lowest BCUT2D eigenvalue weighted by Crippen LogP contribution is -2.20. The maximum atomic E-state index is 13.8. The summed E-state index contributed by atoms with van der Waals surface area (Å²) in [4.78, 5) is 17.6. The molecule has 0 aliphatic rings. The highest BCUT2D eigenvalue weighted by Crippen LogP contribution is 2.35. The molecule has 0 aliphatic carbocycles. The molecule has 0 saturated carbocycles. The van der Waals surface area contributed by atoms with E-state index in [-0.39, 0.29) is 51.5 Å². The van der Waals surface area contributed by atoms with Gasteiger partial charge in [0.1, 0.15) is 69.5 Å². The Labute approximate surface area is 576 Å². The fraction of sp³-hybridized carbons (Fsp3) is 0.215. The number of aromatic nitrogens is 14. The van der Waals surface area contributed by atoms with Crippen molar-refractivity contribution in [2.24, 2.45) is 0 Å². The Kier molecular flexibility index (Phi) is 22.5. The highest BCUT2D eigenvalue weighted by atomic mass is 127. The number of ether oxygens (including phenoxy) is 3. The maximum absolute atomic E-state index is 13.8. The first kappa shape index (κ1) is 72.5. The van der Waals surface area contributed by atoms with Crippen molar-refractivity contribution in [1.29, 1.82) is 0 Å². The van der Waals surface area contributed by atoms with Gasteiger partial charge in [0.05, 0.1) is 58.7 Å². The Balaban J connectivity index is 0.000000146. The molecule has 0 radical (unpaired) electrons. The number of phenolic OH excluding ortho intramolecular Hbond substituents is 1. The van der Waals surface area contributed by atoms with Gasteiger partial charge < -0.3 is 40.6 Å². The molecule has 6 N–H and O–H groups in total. The molecular formula is C65H56F13IN18O4. The van der Waals surface area contributed by atoms with Crippen molar-refractivity contribution < 1.29 is 76.4 Å². The fourth-order valence-corrected chi connectivity index (χ4v) is 10.3. The number of nitrogens with one attached hydrogen (secondary N) is 5. The summed E-state index contributed by atoms with van der Waals surface area (Å²) < 4.78 is 188. The summed E-state index contributed by atoms with van der Waals surface area (Å²) in [5.74, 6) is -0.154. The van der Waals surface area contributed by atoms with Gasteiger partial charge in [-0.15, -0.1) is 0 Å². The van der Waals surface area contributed by atoms with E-state index in [4.69, 9.17) is 14.2 Å². The van der Waals surface area contributed by atoms with Gasteiger partial charge in [-0.1, -0.05) is 0 Å². The second-order valence-corrected chi connectivity index (χ2v) is 23.2. The van der Waals surface area contributed by atoms with Crippen LogP contribution in [0.15, 0.2) is 171 Å². The van der Waals surface area contributed by atoms with E-state index in [2.05, 4.69) is 94.4 Å². The van der Waals surface area contributed by atoms with Crippen LogP contribution in [0.25, 0.3) is 33.7 Å². The number of halogens is 14.